The minimum atomic E-state index is -0.942. The summed E-state index contributed by atoms with van der Waals surface area (Å²) >= 11 is 0. The van der Waals surface area contributed by atoms with E-state index in [9.17, 15) is 14.9 Å². The molecule has 1 amide bonds. The Morgan fingerprint density at radius 3 is 2.91 bits per heavy atom. The van der Waals surface area contributed by atoms with Crippen LogP contribution < -0.4 is 10.2 Å². The van der Waals surface area contributed by atoms with Gasteiger partial charge in [-0.05, 0) is 19.1 Å². The maximum Gasteiger partial charge on any atom is 0.310 e. The van der Waals surface area contributed by atoms with Crippen LogP contribution in [0.3, 0.4) is 0 Å². The summed E-state index contributed by atoms with van der Waals surface area (Å²) < 4.78 is 10.2. The fourth-order valence-corrected chi connectivity index (χ4v) is 1.56. The number of nitro groups is 1. The number of hydrazone groups is 1. The van der Waals surface area contributed by atoms with Gasteiger partial charge in [-0.1, -0.05) is 12.1 Å². The Kier molecular flexibility index (Phi) is 4.86. The van der Waals surface area contributed by atoms with E-state index in [1.54, 1.807) is 12.1 Å². The number of nitrogens with one attached hydrogen (secondary N) is 1. The number of carbonyl (C=O) groups is 1. The maximum absolute atomic E-state index is 11.8. The molecule has 1 aromatic carbocycles. The molecule has 0 radical (unpaired) electrons. The summed E-state index contributed by atoms with van der Waals surface area (Å²) in [5.41, 5.74) is 2.77. The van der Waals surface area contributed by atoms with Crippen molar-refractivity contribution in [2.45, 2.75) is 13.0 Å². The smallest absolute Gasteiger partial charge is 0.310 e. The first-order chi connectivity index (χ1) is 10.6. The van der Waals surface area contributed by atoms with Crippen molar-refractivity contribution in [2.24, 2.45) is 5.10 Å². The minimum absolute atomic E-state index is 0.0222. The highest BCUT2D eigenvalue weighted by molar-refractivity contribution is 5.84. The molecule has 0 aliphatic heterocycles. The maximum atomic E-state index is 11.8. The number of amides is 1. The van der Waals surface area contributed by atoms with Gasteiger partial charge in [0.15, 0.2) is 11.9 Å². The Morgan fingerprint density at radius 1 is 1.45 bits per heavy atom. The summed E-state index contributed by atoms with van der Waals surface area (Å²) in [6.45, 7) is 1.47. The summed E-state index contributed by atoms with van der Waals surface area (Å²) in [4.78, 5) is 22.1. The Morgan fingerprint density at radius 2 is 2.23 bits per heavy atom. The monoisotopic (exact) mass is 303 g/mol. The molecule has 0 aliphatic rings. The molecule has 1 aromatic heterocycles. The number of ether oxygens (including phenoxy) is 1. The Bertz CT molecular complexity index is 682. The second-order valence-corrected chi connectivity index (χ2v) is 4.28. The third kappa shape index (κ3) is 3.92. The number of nitro benzene ring substituents is 1. The van der Waals surface area contributed by atoms with Gasteiger partial charge in [0.2, 0.25) is 0 Å². The van der Waals surface area contributed by atoms with Crippen molar-refractivity contribution in [2.75, 3.05) is 0 Å². The fraction of sp³-hybridized carbons (Fsp3) is 0.143. The van der Waals surface area contributed by atoms with Crippen LogP contribution in [0, 0.1) is 10.1 Å². The molecule has 2 rings (SSSR count). The van der Waals surface area contributed by atoms with E-state index >= 15 is 0 Å². The van der Waals surface area contributed by atoms with Crippen molar-refractivity contribution >= 4 is 17.8 Å². The highest BCUT2D eigenvalue weighted by Crippen LogP contribution is 2.26. The first-order valence-electron chi connectivity index (χ1n) is 6.33. The van der Waals surface area contributed by atoms with Crippen LogP contribution >= 0.6 is 0 Å². The first-order valence-corrected chi connectivity index (χ1v) is 6.33. The molecule has 114 valence electrons. The van der Waals surface area contributed by atoms with Crippen molar-refractivity contribution in [3.63, 3.8) is 0 Å². The lowest BCUT2D eigenvalue weighted by Gasteiger charge is -2.12. The first kappa shape index (κ1) is 15.2. The van der Waals surface area contributed by atoms with E-state index in [0.717, 1.165) is 0 Å². The molecule has 8 nitrogen and oxygen atoms in total. The summed E-state index contributed by atoms with van der Waals surface area (Å²) in [6.07, 6.45) is 3.40. The zero-order chi connectivity index (χ0) is 15.9. The lowest BCUT2D eigenvalue weighted by molar-refractivity contribution is -0.386. The molecule has 0 saturated heterocycles. The lowest BCUT2D eigenvalue weighted by atomic mass is 10.3. The quantitative estimate of drug-likeness (QED) is 0.499. The van der Waals surface area contributed by atoms with Gasteiger partial charge in [0.1, 0.15) is 0 Å². The molecule has 8 heteroatoms. The molecule has 2 aromatic rings. The van der Waals surface area contributed by atoms with Gasteiger partial charge in [0, 0.05) is 11.6 Å². The van der Waals surface area contributed by atoms with Crippen LogP contribution in [-0.4, -0.2) is 23.1 Å². The Hall–Kier alpha value is -3.16. The van der Waals surface area contributed by atoms with E-state index in [-0.39, 0.29) is 11.4 Å². The van der Waals surface area contributed by atoms with E-state index in [1.165, 1.54) is 43.9 Å². The number of carbonyl (C=O) groups excluding carboxylic acids is 1. The molecular formula is C14H13N3O5. The Labute approximate surface area is 125 Å². The van der Waals surface area contributed by atoms with Gasteiger partial charge in [-0.25, -0.2) is 5.43 Å². The van der Waals surface area contributed by atoms with E-state index in [1.807, 2.05) is 0 Å². The molecule has 0 saturated carbocycles. The average molecular weight is 303 g/mol. The number of para-hydroxylation sites is 2. The van der Waals surface area contributed by atoms with Crippen molar-refractivity contribution in [3.8, 4) is 5.75 Å². The SMILES string of the molecule is C[C@@H](Oc1ccccc1[N+](=O)[O-])C(=O)NN=Cc1ccoc1. The predicted octanol–water partition coefficient (Wildman–Crippen LogP) is 2.11. The van der Waals surface area contributed by atoms with E-state index < -0.39 is 16.9 Å². The van der Waals surface area contributed by atoms with Crippen molar-refractivity contribution in [3.05, 3.63) is 58.5 Å². The van der Waals surface area contributed by atoms with Crippen molar-refractivity contribution in [1.29, 1.82) is 0 Å². The molecule has 1 heterocycles. The van der Waals surface area contributed by atoms with Crippen LogP contribution in [0.15, 0.2) is 52.4 Å². The molecule has 22 heavy (non-hydrogen) atoms. The number of hydrogen-bond acceptors (Lipinski definition) is 6. The van der Waals surface area contributed by atoms with Gasteiger partial charge in [-0.15, -0.1) is 0 Å². The van der Waals surface area contributed by atoms with Gasteiger partial charge in [0.25, 0.3) is 5.91 Å². The topological polar surface area (TPSA) is 107 Å². The van der Waals surface area contributed by atoms with Gasteiger partial charge >= 0.3 is 5.69 Å². The third-order valence-electron chi connectivity index (χ3n) is 2.67. The summed E-state index contributed by atoms with van der Waals surface area (Å²) in [7, 11) is 0. The van der Waals surface area contributed by atoms with Crippen molar-refractivity contribution in [1.82, 2.24) is 5.43 Å². The summed E-state index contributed by atoms with van der Waals surface area (Å²) in [6, 6.07) is 7.51. The lowest BCUT2D eigenvalue weighted by Crippen LogP contribution is -2.33. The summed E-state index contributed by atoms with van der Waals surface area (Å²) in [5, 5.41) is 14.6. The fourth-order valence-electron chi connectivity index (χ4n) is 1.56. The average Bonchev–Trinajstić information content (AvgIpc) is 3.00. The zero-order valence-corrected chi connectivity index (χ0v) is 11.6. The number of rotatable bonds is 6. The zero-order valence-electron chi connectivity index (χ0n) is 11.6. The molecule has 1 atom stereocenters. The van der Waals surface area contributed by atoms with E-state index in [2.05, 4.69) is 10.5 Å². The molecule has 0 unspecified atom stereocenters. The van der Waals surface area contributed by atoms with E-state index in [4.69, 9.17) is 9.15 Å². The third-order valence-corrected chi connectivity index (χ3v) is 2.67. The summed E-state index contributed by atoms with van der Waals surface area (Å²) in [5.74, 6) is -0.508. The number of benzene rings is 1. The second kappa shape index (κ2) is 7.02. The van der Waals surface area contributed by atoms with Gasteiger partial charge in [0.05, 0.1) is 23.7 Å². The number of furan rings is 1. The molecular weight excluding hydrogens is 290 g/mol. The Balaban J connectivity index is 1.95. The molecule has 0 aliphatic carbocycles. The highest BCUT2D eigenvalue weighted by atomic mass is 16.6. The van der Waals surface area contributed by atoms with Crippen LogP contribution in [0.1, 0.15) is 12.5 Å². The van der Waals surface area contributed by atoms with Crippen LogP contribution in [0.4, 0.5) is 5.69 Å². The standard InChI is InChI=1S/C14H13N3O5/c1-10(14(18)16-15-8-11-6-7-21-9-11)22-13-5-3-2-4-12(13)17(19)20/h2-10H,1H3,(H,16,18)/t10-/m1/s1. The molecule has 0 fully saturated rings. The van der Waals surface area contributed by atoms with Gasteiger partial charge < -0.3 is 9.15 Å². The number of nitrogens with zero attached hydrogens (tertiary/aromatic N) is 2. The van der Waals surface area contributed by atoms with Gasteiger partial charge in [-0.2, -0.15) is 5.10 Å². The second-order valence-electron chi connectivity index (χ2n) is 4.28. The van der Waals surface area contributed by atoms with Crippen LogP contribution in [-0.2, 0) is 4.79 Å². The molecule has 0 bridgehead atoms. The van der Waals surface area contributed by atoms with Crippen LogP contribution in [0.5, 0.6) is 5.75 Å². The van der Waals surface area contributed by atoms with Crippen LogP contribution in [0.25, 0.3) is 0 Å². The normalized spacial score (nSPS) is 12.0. The number of hydrogen-bond donors (Lipinski definition) is 1. The minimum Gasteiger partial charge on any atom is -0.474 e. The largest absolute Gasteiger partial charge is 0.474 e. The van der Waals surface area contributed by atoms with E-state index in [0.29, 0.717) is 5.56 Å². The van der Waals surface area contributed by atoms with Crippen LogP contribution in [0.2, 0.25) is 0 Å². The van der Waals surface area contributed by atoms with Gasteiger partial charge in [-0.3, -0.25) is 14.9 Å². The van der Waals surface area contributed by atoms with Crippen molar-refractivity contribution < 1.29 is 18.9 Å². The molecule has 0 spiro atoms. The molecule has 1 N–H and O–H groups in total. The predicted molar refractivity (Wildman–Crippen MR) is 77.6 cm³/mol. The highest BCUT2D eigenvalue weighted by Gasteiger charge is 2.20.